The molecule has 1 saturated carbocycles. The smallest absolute Gasteiger partial charge is 0.315 e. The van der Waals surface area contributed by atoms with Crippen LogP contribution in [0.2, 0.25) is 0 Å². The molecule has 1 aromatic carbocycles. The summed E-state index contributed by atoms with van der Waals surface area (Å²) in [5.74, 6) is 1.92. The molecule has 6 heteroatoms. The van der Waals surface area contributed by atoms with Gasteiger partial charge in [-0.1, -0.05) is 36.4 Å². The second kappa shape index (κ2) is 7.39. The van der Waals surface area contributed by atoms with E-state index in [0.717, 1.165) is 17.8 Å². The Morgan fingerprint density at radius 1 is 1.15 bits per heavy atom. The fraction of sp³-hybridized carbons (Fsp3) is 0.250. The summed E-state index contributed by atoms with van der Waals surface area (Å²) >= 11 is 0. The van der Waals surface area contributed by atoms with Crippen molar-refractivity contribution in [2.75, 3.05) is 6.54 Å². The molecule has 2 unspecified atom stereocenters. The highest BCUT2D eigenvalue weighted by atomic mass is 16.2. The Hall–Kier alpha value is -3.15. The van der Waals surface area contributed by atoms with Gasteiger partial charge in [0.15, 0.2) is 0 Å². The molecule has 0 radical (unpaired) electrons. The summed E-state index contributed by atoms with van der Waals surface area (Å²) in [6.07, 6.45) is 8.16. The number of benzene rings is 1. The number of nitrogens with zero attached hydrogens (tertiary/aromatic N) is 3. The third kappa shape index (κ3) is 3.91. The van der Waals surface area contributed by atoms with Gasteiger partial charge >= 0.3 is 6.03 Å². The minimum Gasteiger partial charge on any atom is -0.338 e. The SMILES string of the molecule is O=C(NCc1ccc(-n2ccnc2)nc1)NCC1CC1c1ccccc1. The second-order valence-electron chi connectivity index (χ2n) is 6.57. The molecule has 3 aromatic rings. The summed E-state index contributed by atoms with van der Waals surface area (Å²) in [7, 11) is 0. The standard InChI is InChI=1S/C20H21N5O/c26-20(24-13-17-10-18(17)16-4-2-1-3-5-16)23-12-15-6-7-19(22-11-15)25-9-8-21-14-25/h1-9,11,14,17-18H,10,12-13H2,(H2,23,24,26). The zero-order chi connectivity index (χ0) is 17.8. The largest absolute Gasteiger partial charge is 0.338 e. The fourth-order valence-electron chi connectivity index (χ4n) is 3.12. The predicted molar refractivity (Wildman–Crippen MR) is 98.9 cm³/mol. The summed E-state index contributed by atoms with van der Waals surface area (Å²) < 4.78 is 1.84. The van der Waals surface area contributed by atoms with Crippen LogP contribution in [-0.4, -0.2) is 27.1 Å². The minimum absolute atomic E-state index is 0.137. The minimum atomic E-state index is -0.137. The van der Waals surface area contributed by atoms with E-state index >= 15 is 0 Å². The van der Waals surface area contributed by atoms with Gasteiger partial charge in [0.1, 0.15) is 12.1 Å². The highest BCUT2D eigenvalue weighted by molar-refractivity contribution is 5.73. The number of aromatic nitrogens is 3. The number of carbonyl (C=O) groups is 1. The van der Waals surface area contributed by atoms with Crippen molar-refractivity contribution in [1.29, 1.82) is 0 Å². The molecule has 1 fully saturated rings. The number of imidazole rings is 1. The van der Waals surface area contributed by atoms with Gasteiger partial charge < -0.3 is 10.6 Å². The summed E-state index contributed by atoms with van der Waals surface area (Å²) in [6.45, 7) is 1.17. The highest BCUT2D eigenvalue weighted by Crippen LogP contribution is 2.46. The number of nitrogens with one attached hydrogen (secondary N) is 2. The maximum Gasteiger partial charge on any atom is 0.315 e. The first-order valence-corrected chi connectivity index (χ1v) is 8.79. The molecular formula is C20H21N5O. The van der Waals surface area contributed by atoms with Crippen molar-refractivity contribution < 1.29 is 4.79 Å². The lowest BCUT2D eigenvalue weighted by atomic mass is 10.1. The van der Waals surface area contributed by atoms with Gasteiger partial charge in [-0.15, -0.1) is 0 Å². The van der Waals surface area contributed by atoms with E-state index in [2.05, 4.69) is 44.9 Å². The summed E-state index contributed by atoms with van der Waals surface area (Å²) in [5, 5.41) is 5.85. The number of amides is 2. The van der Waals surface area contributed by atoms with Gasteiger partial charge in [0.2, 0.25) is 0 Å². The van der Waals surface area contributed by atoms with E-state index in [1.54, 1.807) is 18.7 Å². The van der Waals surface area contributed by atoms with Gasteiger partial charge in [-0.25, -0.2) is 14.8 Å². The summed E-state index contributed by atoms with van der Waals surface area (Å²) in [4.78, 5) is 20.4. The second-order valence-corrected chi connectivity index (χ2v) is 6.57. The van der Waals surface area contributed by atoms with Gasteiger partial charge in [-0.05, 0) is 35.4 Å². The maximum absolute atomic E-state index is 12.0. The molecule has 0 bridgehead atoms. The highest BCUT2D eigenvalue weighted by Gasteiger charge is 2.37. The van der Waals surface area contributed by atoms with Gasteiger partial charge in [0, 0.05) is 31.7 Å². The van der Waals surface area contributed by atoms with E-state index in [9.17, 15) is 4.79 Å². The quantitative estimate of drug-likeness (QED) is 0.720. The van der Waals surface area contributed by atoms with Crippen LogP contribution in [0.5, 0.6) is 0 Å². The Labute approximate surface area is 152 Å². The van der Waals surface area contributed by atoms with Crippen LogP contribution in [0.25, 0.3) is 5.82 Å². The average molecular weight is 347 g/mol. The number of hydrogen-bond donors (Lipinski definition) is 2. The van der Waals surface area contributed by atoms with Crippen molar-refractivity contribution >= 4 is 6.03 Å². The lowest BCUT2D eigenvalue weighted by molar-refractivity contribution is 0.240. The Morgan fingerprint density at radius 3 is 2.77 bits per heavy atom. The summed E-state index contributed by atoms with van der Waals surface area (Å²) in [5.41, 5.74) is 2.32. The molecule has 6 nitrogen and oxygen atoms in total. The normalized spacial score (nSPS) is 18.3. The first-order valence-electron chi connectivity index (χ1n) is 8.79. The molecule has 0 spiro atoms. The molecule has 2 atom stereocenters. The third-order valence-electron chi connectivity index (χ3n) is 4.71. The van der Waals surface area contributed by atoms with Crippen molar-refractivity contribution in [3.63, 3.8) is 0 Å². The lowest BCUT2D eigenvalue weighted by Crippen LogP contribution is -2.36. The molecule has 2 heterocycles. The van der Waals surface area contributed by atoms with E-state index in [4.69, 9.17) is 0 Å². The van der Waals surface area contributed by atoms with Crippen molar-refractivity contribution in [2.24, 2.45) is 5.92 Å². The van der Waals surface area contributed by atoms with E-state index < -0.39 is 0 Å². The predicted octanol–water partition coefficient (Wildman–Crippen LogP) is 2.87. The van der Waals surface area contributed by atoms with Crippen LogP contribution in [0, 0.1) is 5.92 Å². The maximum atomic E-state index is 12.0. The molecule has 2 aromatic heterocycles. The Balaban J connectivity index is 1.20. The first-order chi connectivity index (χ1) is 12.8. The first kappa shape index (κ1) is 16.3. The van der Waals surface area contributed by atoms with E-state index in [1.165, 1.54) is 5.56 Å². The van der Waals surface area contributed by atoms with Crippen LogP contribution < -0.4 is 10.6 Å². The molecule has 2 amide bonds. The Bertz CT molecular complexity index is 846. The van der Waals surface area contributed by atoms with Crippen LogP contribution >= 0.6 is 0 Å². The number of carbonyl (C=O) groups excluding carboxylic acids is 1. The molecule has 2 N–H and O–H groups in total. The molecule has 26 heavy (non-hydrogen) atoms. The molecule has 1 aliphatic rings. The molecule has 1 aliphatic carbocycles. The van der Waals surface area contributed by atoms with Crippen LogP contribution in [0.15, 0.2) is 67.4 Å². The number of hydrogen-bond acceptors (Lipinski definition) is 3. The lowest BCUT2D eigenvalue weighted by Gasteiger charge is -2.08. The monoisotopic (exact) mass is 347 g/mol. The summed E-state index contributed by atoms with van der Waals surface area (Å²) in [6, 6.07) is 14.2. The number of urea groups is 1. The van der Waals surface area contributed by atoms with Gasteiger partial charge in [-0.2, -0.15) is 0 Å². The third-order valence-corrected chi connectivity index (χ3v) is 4.71. The van der Waals surface area contributed by atoms with Crippen molar-refractivity contribution in [3.8, 4) is 5.82 Å². The molecule has 132 valence electrons. The average Bonchev–Trinajstić information content (AvgIpc) is 3.26. The van der Waals surface area contributed by atoms with Gasteiger partial charge in [-0.3, -0.25) is 4.57 Å². The number of rotatable bonds is 6. The van der Waals surface area contributed by atoms with Crippen LogP contribution in [0.4, 0.5) is 4.79 Å². The zero-order valence-corrected chi connectivity index (χ0v) is 14.4. The van der Waals surface area contributed by atoms with Crippen LogP contribution in [0.3, 0.4) is 0 Å². The van der Waals surface area contributed by atoms with Crippen LogP contribution in [0.1, 0.15) is 23.5 Å². The van der Waals surface area contributed by atoms with Gasteiger partial charge in [0.05, 0.1) is 0 Å². The van der Waals surface area contributed by atoms with E-state index in [0.29, 0.717) is 24.9 Å². The molecule has 4 rings (SSSR count). The van der Waals surface area contributed by atoms with E-state index in [1.807, 2.05) is 29.0 Å². The van der Waals surface area contributed by atoms with Crippen molar-refractivity contribution in [3.05, 3.63) is 78.5 Å². The van der Waals surface area contributed by atoms with Crippen molar-refractivity contribution in [1.82, 2.24) is 25.2 Å². The molecule has 0 aliphatic heterocycles. The van der Waals surface area contributed by atoms with Gasteiger partial charge in [0.25, 0.3) is 0 Å². The Morgan fingerprint density at radius 2 is 2.04 bits per heavy atom. The zero-order valence-electron chi connectivity index (χ0n) is 14.4. The van der Waals surface area contributed by atoms with Crippen LogP contribution in [-0.2, 0) is 6.54 Å². The van der Waals surface area contributed by atoms with Crippen molar-refractivity contribution in [2.45, 2.75) is 18.9 Å². The molecular weight excluding hydrogens is 326 g/mol. The fourth-order valence-corrected chi connectivity index (χ4v) is 3.12. The van der Waals surface area contributed by atoms with E-state index in [-0.39, 0.29) is 6.03 Å². The topological polar surface area (TPSA) is 71.8 Å². The number of pyridine rings is 1. The Kier molecular flexibility index (Phi) is 4.64. The molecule has 0 saturated heterocycles.